The van der Waals surface area contributed by atoms with Crippen LogP contribution in [0.25, 0.3) is 0 Å². The van der Waals surface area contributed by atoms with Gasteiger partial charge in [0, 0.05) is 28.0 Å². The van der Waals surface area contributed by atoms with E-state index >= 15 is 0 Å². The van der Waals surface area contributed by atoms with Gasteiger partial charge in [0.15, 0.2) is 5.78 Å². The number of allylic oxidation sites excluding steroid dienone is 2. The summed E-state index contributed by atoms with van der Waals surface area (Å²) in [5.74, 6) is -0.366. The van der Waals surface area contributed by atoms with Crippen molar-refractivity contribution in [1.29, 1.82) is 0 Å². The fraction of sp³-hybridized carbons (Fsp3) is 0.118. The van der Waals surface area contributed by atoms with Crippen molar-refractivity contribution in [3.05, 3.63) is 76.2 Å². The van der Waals surface area contributed by atoms with Crippen molar-refractivity contribution in [1.82, 2.24) is 0 Å². The molecule has 0 aliphatic carbocycles. The van der Waals surface area contributed by atoms with Gasteiger partial charge in [-0.2, -0.15) is 0 Å². The molecule has 0 aromatic heterocycles. The van der Waals surface area contributed by atoms with Crippen molar-refractivity contribution in [3.63, 3.8) is 0 Å². The van der Waals surface area contributed by atoms with Gasteiger partial charge in [-0.25, -0.2) is 4.39 Å². The molecule has 0 bridgehead atoms. The van der Waals surface area contributed by atoms with Crippen LogP contribution in [-0.2, 0) is 0 Å². The molecular weight excluding hydrogens is 289 g/mol. The number of carbonyl (C=O) groups excluding carboxylic acids is 1. The Hall–Kier alpha value is -2.13. The van der Waals surface area contributed by atoms with E-state index in [9.17, 15) is 9.18 Å². The summed E-state index contributed by atoms with van der Waals surface area (Å²) >= 11 is 5.79. The lowest BCUT2D eigenvalue weighted by Gasteiger charge is -2.08. The predicted molar refractivity (Wildman–Crippen MR) is 84.3 cm³/mol. The SMILES string of the molecule is CC(=CC(=O)c1ccc(Cl)cc1)Nc1ccc(F)c(C)c1. The van der Waals surface area contributed by atoms with Gasteiger partial charge in [-0.15, -0.1) is 0 Å². The zero-order valence-corrected chi connectivity index (χ0v) is 12.5. The number of benzene rings is 2. The normalized spacial score (nSPS) is 11.3. The third-order valence-corrected chi connectivity index (χ3v) is 3.23. The van der Waals surface area contributed by atoms with E-state index in [-0.39, 0.29) is 11.6 Å². The molecule has 2 aromatic carbocycles. The standard InChI is InChI=1S/C17H15ClFNO/c1-11-9-15(7-8-16(11)19)20-12(2)10-17(21)13-3-5-14(18)6-4-13/h3-10,20H,1-2H3. The van der Waals surface area contributed by atoms with Gasteiger partial charge < -0.3 is 5.32 Å². The van der Waals surface area contributed by atoms with Crippen molar-refractivity contribution >= 4 is 23.1 Å². The summed E-state index contributed by atoms with van der Waals surface area (Å²) in [6.45, 7) is 3.48. The van der Waals surface area contributed by atoms with E-state index < -0.39 is 0 Å². The van der Waals surface area contributed by atoms with Gasteiger partial charge in [-0.05, 0) is 61.9 Å². The molecule has 0 saturated carbocycles. The monoisotopic (exact) mass is 303 g/mol. The molecule has 2 aromatic rings. The zero-order valence-electron chi connectivity index (χ0n) is 11.8. The van der Waals surface area contributed by atoms with E-state index in [1.165, 1.54) is 12.1 Å². The quantitative estimate of drug-likeness (QED) is 0.637. The first-order valence-electron chi connectivity index (χ1n) is 6.47. The van der Waals surface area contributed by atoms with Crippen LogP contribution in [-0.4, -0.2) is 5.78 Å². The first kappa shape index (κ1) is 15.3. The van der Waals surface area contributed by atoms with E-state index in [1.54, 1.807) is 50.2 Å². The predicted octanol–water partition coefficient (Wildman–Crippen LogP) is 4.99. The van der Waals surface area contributed by atoms with E-state index in [0.717, 1.165) is 5.69 Å². The topological polar surface area (TPSA) is 29.1 Å². The molecular formula is C17H15ClFNO. The molecule has 0 atom stereocenters. The van der Waals surface area contributed by atoms with Crippen molar-refractivity contribution in [2.45, 2.75) is 13.8 Å². The molecule has 0 heterocycles. The Morgan fingerprint density at radius 3 is 2.48 bits per heavy atom. The van der Waals surface area contributed by atoms with Crippen LogP contribution in [0.5, 0.6) is 0 Å². The molecule has 0 spiro atoms. The van der Waals surface area contributed by atoms with Crippen LogP contribution in [0.3, 0.4) is 0 Å². The third-order valence-electron chi connectivity index (χ3n) is 2.98. The van der Waals surface area contributed by atoms with Gasteiger partial charge in [0.25, 0.3) is 0 Å². The van der Waals surface area contributed by atoms with E-state index in [0.29, 0.717) is 21.8 Å². The third kappa shape index (κ3) is 4.17. The van der Waals surface area contributed by atoms with E-state index in [2.05, 4.69) is 5.32 Å². The first-order valence-corrected chi connectivity index (χ1v) is 6.85. The number of anilines is 1. The lowest BCUT2D eigenvalue weighted by molar-refractivity contribution is 0.104. The maximum atomic E-state index is 13.2. The van der Waals surface area contributed by atoms with Gasteiger partial charge in [0.05, 0.1) is 0 Å². The second-order valence-corrected chi connectivity index (χ2v) is 5.22. The number of aryl methyl sites for hydroxylation is 1. The molecule has 0 amide bonds. The first-order chi connectivity index (χ1) is 9.95. The lowest BCUT2D eigenvalue weighted by atomic mass is 10.1. The largest absolute Gasteiger partial charge is 0.359 e. The zero-order chi connectivity index (χ0) is 15.4. The Labute approximate surface area is 128 Å². The summed E-state index contributed by atoms with van der Waals surface area (Å²) in [6, 6.07) is 11.4. The summed E-state index contributed by atoms with van der Waals surface area (Å²) in [6.07, 6.45) is 1.50. The lowest BCUT2D eigenvalue weighted by Crippen LogP contribution is -2.01. The molecule has 108 valence electrons. The number of hydrogen-bond acceptors (Lipinski definition) is 2. The Bertz CT molecular complexity index is 692. The number of rotatable bonds is 4. The van der Waals surface area contributed by atoms with E-state index in [4.69, 9.17) is 11.6 Å². The minimum Gasteiger partial charge on any atom is -0.359 e. The number of hydrogen-bond donors (Lipinski definition) is 1. The molecule has 0 fully saturated rings. The van der Waals surface area contributed by atoms with Crippen molar-refractivity contribution in [3.8, 4) is 0 Å². The van der Waals surface area contributed by atoms with Gasteiger partial charge in [0.2, 0.25) is 0 Å². The average Bonchev–Trinajstić information content (AvgIpc) is 2.43. The minimum absolute atomic E-state index is 0.115. The summed E-state index contributed by atoms with van der Waals surface area (Å²) in [5.41, 5.74) is 2.54. The fourth-order valence-corrected chi connectivity index (χ4v) is 2.01. The Kier molecular flexibility index (Phi) is 4.76. The number of nitrogens with one attached hydrogen (secondary N) is 1. The summed E-state index contributed by atoms with van der Waals surface area (Å²) in [7, 11) is 0. The highest BCUT2D eigenvalue weighted by Crippen LogP contribution is 2.16. The molecule has 1 N–H and O–H groups in total. The van der Waals surface area contributed by atoms with Gasteiger partial charge in [-0.1, -0.05) is 11.6 Å². The van der Waals surface area contributed by atoms with Crippen LogP contribution in [0.15, 0.2) is 54.2 Å². The number of carbonyl (C=O) groups is 1. The maximum absolute atomic E-state index is 13.2. The summed E-state index contributed by atoms with van der Waals surface area (Å²) in [5, 5.41) is 3.66. The van der Waals surface area contributed by atoms with Crippen molar-refractivity contribution < 1.29 is 9.18 Å². The maximum Gasteiger partial charge on any atom is 0.187 e. The van der Waals surface area contributed by atoms with Crippen molar-refractivity contribution in [2.75, 3.05) is 5.32 Å². The molecule has 2 rings (SSSR count). The Balaban J connectivity index is 2.11. The number of ketones is 1. The molecule has 4 heteroatoms. The Morgan fingerprint density at radius 2 is 1.86 bits per heavy atom. The second kappa shape index (κ2) is 6.55. The molecule has 2 nitrogen and oxygen atoms in total. The highest BCUT2D eigenvalue weighted by Gasteiger charge is 2.04. The van der Waals surface area contributed by atoms with Crippen LogP contribution < -0.4 is 5.32 Å². The molecule has 0 radical (unpaired) electrons. The highest BCUT2D eigenvalue weighted by molar-refractivity contribution is 6.30. The second-order valence-electron chi connectivity index (χ2n) is 4.79. The number of halogens is 2. The molecule has 21 heavy (non-hydrogen) atoms. The van der Waals surface area contributed by atoms with Crippen LogP contribution in [0.2, 0.25) is 5.02 Å². The van der Waals surface area contributed by atoms with Gasteiger partial charge >= 0.3 is 0 Å². The molecule has 0 unspecified atom stereocenters. The molecule has 0 aliphatic heterocycles. The van der Waals surface area contributed by atoms with Gasteiger partial charge in [0.1, 0.15) is 5.82 Å². The van der Waals surface area contributed by atoms with Crippen LogP contribution in [0.4, 0.5) is 10.1 Å². The van der Waals surface area contributed by atoms with Crippen LogP contribution in [0, 0.1) is 12.7 Å². The highest BCUT2D eigenvalue weighted by atomic mass is 35.5. The average molecular weight is 304 g/mol. The molecule has 0 saturated heterocycles. The molecule has 0 aliphatic rings. The van der Waals surface area contributed by atoms with E-state index in [1.807, 2.05) is 0 Å². The van der Waals surface area contributed by atoms with Gasteiger partial charge in [-0.3, -0.25) is 4.79 Å². The van der Waals surface area contributed by atoms with Crippen LogP contribution in [0.1, 0.15) is 22.8 Å². The summed E-state index contributed by atoms with van der Waals surface area (Å²) in [4.78, 5) is 12.1. The minimum atomic E-state index is -0.251. The van der Waals surface area contributed by atoms with Crippen molar-refractivity contribution in [2.24, 2.45) is 0 Å². The van der Waals surface area contributed by atoms with Crippen LogP contribution >= 0.6 is 11.6 Å². The fourth-order valence-electron chi connectivity index (χ4n) is 1.88. The Morgan fingerprint density at radius 1 is 1.19 bits per heavy atom. The summed E-state index contributed by atoms with van der Waals surface area (Å²) < 4.78 is 13.2. The smallest absolute Gasteiger partial charge is 0.187 e.